The van der Waals surface area contributed by atoms with Crippen LogP contribution in [0.1, 0.15) is 30.6 Å². The number of hydrogen-bond acceptors (Lipinski definition) is 4. The first-order valence-corrected chi connectivity index (χ1v) is 5.12. The van der Waals surface area contributed by atoms with Crippen LogP contribution in [-0.4, -0.2) is 21.8 Å². The average molecular weight is 240 g/mol. The molecule has 2 N–H and O–H groups in total. The summed E-state index contributed by atoms with van der Waals surface area (Å²) in [7, 11) is 0. The molecule has 0 saturated carbocycles. The second kappa shape index (κ2) is 4.95. The molecule has 1 aromatic carbocycles. The molecule has 0 aliphatic rings. The SMILES string of the molecule is CC(C)CC(=O)C(=O)c1ccc(O)c(O)c1F. The highest BCUT2D eigenvalue weighted by Gasteiger charge is 2.23. The number of carbonyl (C=O) groups excluding carboxylic acids is 2. The average Bonchev–Trinajstić information content (AvgIpc) is 2.24. The van der Waals surface area contributed by atoms with E-state index < -0.39 is 34.4 Å². The first-order valence-electron chi connectivity index (χ1n) is 5.12. The maximum Gasteiger partial charge on any atom is 0.231 e. The number of rotatable bonds is 4. The maximum atomic E-state index is 13.4. The Morgan fingerprint density at radius 1 is 1.29 bits per heavy atom. The minimum Gasteiger partial charge on any atom is -0.504 e. The smallest absolute Gasteiger partial charge is 0.231 e. The van der Waals surface area contributed by atoms with Crippen molar-refractivity contribution < 1.29 is 24.2 Å². The topological polar surface area (TPSA) is 74.6 Å². The van der Waals surface area contributed by atoms with Gasteiger partial charge in [-0.3, -0.25) is 9.59 Å². The molecule has 0 aromatic heterocycles. The molecule has 0 radical (unpaired) electrons. The van der Waals surface area contributed by atoms with E-state index in [9.17, 15) is 14.0 Å². The van der Waals surface area contributed by atoms with Crippen molar-refractivity contribution in [2.45, 2.75) is 20.3 Å². The van der Waals surface area contributed by atoms with Gasteiger partial charge in [0, 0.05) is 6.42 Å². The summed E-state index contributed by atoms with van der Waals surface area (Å²) in [5.74, 6) is -4.69. The Labute approximate surface area is 97.7 Å². The van der Waals surface area contributed by atoms with Crippen LogP contribution in [0.4, 0.5) is 4.39 Å². The molecular formula is C12H13FO4. The van der Waals surface area contributed by atoms with Crippen molar-refractivity contribution in [3.8, 4) is 11.5 Å². The Morgan fingerprint density at radius 2 is 1.88 bits per heavy atom. The predicted molar refractivity (Wildman–Crippen MR) is 58.5 cm³/mol. The van der Waals surface area contributed by atoms with Crippen LogP contribution >= 0.6 is 0 Å². The van der Waals surface area contributed by atoms with Crippen LogP contribution in [0.5, 0.6) is 11.5 Å². The summed E-state index contributed by atoms with van der Waals surface area (Å²) in [5.41, 5.74) is -0.522. The fraction of sp³-hybridized carbons (Fsp3) is 0.333. The van der Waals surface area contributed by atoms with Crippen molar-refractivity contribution >= 4 is 11.6 Å². The Hall–Kier alpha value is -1.91. The van der Waals surface area contributed by atoms with Gasteiger partial charge in [-0.1, -0.05) is 13.8 Å². The van der Waals surface area contributed by atoms with E-state index in [0.29, 0.717) is 0 Å². The Kier molecular flexibility index (Phi) is 3.83. The molecule has 0 unspecified atom stereocenters. The van der Waals surface area contributed by atoms with Crippen molar-refractivity contribution in [2.24, 2.45) is 5.92 Å². The molecule has 17 heavy (non-hydrogen) atoms. The number of aromatic hydroxyl groups is 2. The highest BCUT2D eigenvalue weighted by molar-refractivity contribution is 6.43. The number of carbonyl (C=O) groups is 2. The molecular weight excluding hydrogens is 227 g/mol. The van der Waals surface area contributed by atoms with E-state index in [2.05, 4.69) is 0 Å². The van der Waals surface area contributed by atoms with Gasteiger partial charge in [0.2, 0.25) is 11.6 Å². The summed E-state index contributed by atoms with van der Waals surface area (Å²) in [6.07, 6.45) is 0.0138. The molecule has 4 nitrogen and oxygen atoms in total. The van der Waals surface area contributed by atoms with Gasteiger partial charge in [-0.05, 0) is 18.1 Å². The van der Waals surface area contributed by atoms with Crippen LogP contribution in [0.25, 0.3) is 0 Å². The number of halogens is 1. The van der Waals surface area contributed by atoms with Crippen LogP contribution in [0, 0.1) is 11.7 Å². The van der Waals surface area contributed by atoms with Crippen LogP contribution in [0.15, 0.2) is 12.1 Å². The van der Waals surface area contributed by atoms with Crippen molar-refractivity contribution in [2.75, 3.05) is 0 Å². The van der Waals surface area contributed by atoms with Gasteiger partial charge in [0.1, 0.15) is 0 Å². The summed E-state index contributed by atoms with van der Waals surface area (Å²) in [6.45, 7) is 3.52. The fourth-order valence-electron chi connectivity index (χ4n) is 1.34. The van der Waals surface area contributed by atoms with Crippen molar-refractivity contribution in [1.82, 2.24) is 0 Å². The molecule has 0 fully saturated rings. The molecule has 0 atom stereocenters. The summed E-state index contributed by atoms with van der Waals surface area (Å²) < 4.78 is 13.4. The summed E-state index contributed by atoms with van der Waals surface area (Å²) in [6, 6.07) is 1.94. The molecule has 0 bridgehead atoms. The van der Waals surface area contributed by atoms with Gasteiger partial charge in [-0.25, -0.2) is 4.39 Å². The Balaban J connectivity index is 3.05. The number of Topliss-reactive ketones (excluding diaryl/α,β-unsaturated/α-hetero) is 2. The third kappa shape index (κ3) is 2.81. The third-order valence-corrected chi connectivity index (χ3v) is 2.19. The van der Waals surface area contributed by atoms with E-state index >= 15 is 0 Å². The van der Waals surface area contributed by atoms with Crippen molar-refractivity contribution in [3.63, 3.8) is 0 Å². The highest BCUT2D eigenvalue weighted by atomic mass is 19.1. The van der Waals surface area contributed by atoms with E-state index in [1.54, 1.807) is 13.8 Å². The summed E-state index contributed by atoms with van der Waals surface area (Å²) in [4.78, 5) is 23.0. The lowest BCUT2D eigenvalue weighted by atomic mass is 9.99. The second-order valence-electron chi connectivity index (χ2n) is 4.15. The maximum absolute atomic E-state index is 13.4. The van der Waals surface area contributed by atoms with E-state index in [0.717, 1.165) is 12.1 Å². The Morgan fingerprint density at radius 3 is 2.41 bits per heavy atom. The van der Waals surface area contributed by atoms with Gasteiger partial charge in [-0.15, -0.1) is 0 Å². The predicted octanol–water partition coefficient (Wildman–Crippen LogP) is 2.03. The lowest BCUT2D eigenvalue weighted by Gasteiger charge is -2.06. The molecule has 5 heteroatoms. The molecule has 0 amide bonds. The van der Waals surface area contributed by atoms with Gasteiger partial charge in [0.15, 0.2) is 17.3 Å². The minimum atomic E-state index is -1.27. The number of hydrogen-bond donors (Lipinski definition) is 2. The van der Waals surface area contributed by atoms with Gasteiger partial charge < -0.3 is 10.2 Å². The first kappa shape index (κ1) is 13.2. The molecule has 1 aromatic rings. The van der Waals surface area contributed by atoms with Crippen LogP contribution in [0.3, 0.4) is 0 Å². The zero-order chi connectivity index (χ0) is 13.2. The van der Waals surface area contributed by atoms with Gasteiger partial charge in [0.05, 0.1) is 5.56 Å². The largest absolute Gasteiger partial charge is 0.504 e. The van der Waals surface area contributed by atoms with Crippen LogP contribution in [0.2, 0.25) is 0 Å². The van der Waals surface area contributed by atoms with Crippen LogP contribution in [-0.2, 0) is 4.79 Å². The molecule has 0 heterocycles. The number of phenolic OH excluding ortho intramolecular Hbond substituents is 2. The van der Waals surface area contributed by atoms with Crippen molar-refractivity contribution in [1.29, 1.82) is 0 Å². The first-order chi connectivity index (χ1) is 7.84. The van der Waals surface area contributed by atoms with Gasteiger partial charge in [-0.2, -0.15) is 0 Å². The van der Waals surface area contributed by atoms with E-state index in [1.165, 1.54) is 0 Å². The van der Waals surface area contributed by atoms with E-state index in [4.69, 9.17) is 10.2 Å². The number of ketones is 2. The zero-order valence-corrected chi connectivity index (χ0v) is 9.53. The van der Waals surface area contributed by atoms with E-state index in [1.807, 2.05) is 0 Å². The second-order valence-corrected chi connectivity index (χ2v) is 4.15. The van der Waals surface area contributed by atoms with Gasteiger partial charge in [0.25, 0.3) is 0 Å². The third-order valence-electron chi connectivity index (χ3n) is 2.19. The lowest BCUT2D eigenvalue weighted by molar-refractivity contribution is -0.115. The van der Waals surface area contributed by atoms with Crippen molar-refractivity contribution in [3.05, 3.63) is 23.5 Å². The number of phenols is 2. The lowest BCUT2D eigenvalue weighted by Crippen LogP contribution is -2.17. The normalized spacial score (nSPS) is 10.6. The number of benzene rings is 1. The summed E-state index contributed by atoms with van der Waals surface area (Å²) >= 11 is 0. The van der Waals surface area contributed by atoms with Gasteiger partial charge >= 0.3 is 0 Å². The highest BCUT2D eigenvalue weighted by Crippen LogP contribution is 2.30. The standard InChI is InChI=1S/C12H13FO4/c1-6(2)5-9(15)11(16)7-3-4-8(14)12(17)10(7)13/h3-4,6,14,17H,5H2,1-2H3. The molecule has 92 valence electrons. The molecule has 0 spiro atoms. The fourth-order valence-corrected chi connectivity index (χ4v) is 1.34. The molecule has 0 saturated heterocycles. The zero-order valence-electron chi connectivity index (χ0n) is 9.53. The molecule has 0 aliphatic heterocycles. The quantitative estimate of drug-likeness (QED) is 0.479. The van der Waals surface area contributed by atoms with Crippen LogP contribution < -0.4 is 0 Å². The molecule has 0 aliphatic carbocycles. The minimum absolute atomic E-state index is 0.0137. The monoisotopic (exact) mass is 240 g/mol. The Bertz CT molecular complexity index is 466. The molecule has 1 rings (SSSR count). The van der Waals surface area contributed by atoms with E-state index in [-0.39, 0.29) is 12.3 Å². The summed E-state index contributed by atoms with van der Waals surface area (Å²) in [5, 5.41) is 18.1.